The first-order valence-electron chi connectivity index (χ1n) is 8.63. The molecule has 2 atom stereocenters. The van der Waals surface area contributed by atoms with Gasteiger partial charge in [-0.2, -0.15) is 5.10 Å². The van der Waals surface area contributed by atoms with Gasteiger partial charge in [0, 0.05) is 12.1 Å². The predicted octanol–water partition coefficient (Wildman–Crippen LogP) is 3.98. The molecule has 1 fully saturated rings. The predicted molar refractivity (Wildman–Crippen MR) is 98.4 cm³/mol. The van der Waals surface area contributed by atoms with Crippen LogP contribution in [0.25, 0.3) is 0 Å². The number of aromatic nitrogens is 2. The molecule has 0 spiro atoms. The van der Waals surface area contributed by atoms with Crippen LogP contribution >= 0.6 is 0 Å². The van der Waals surface area contributed by atoms with Crippen LogP contribution in [0.2, 0.25) is 0 Å². The van der Waals surface area contributed by atoms with Gasteiger partial charge in [-0.3, -0.25) is 9.48 Å². The Morgan fingerprint density at radius 2 is 2.04 bits per heavy atom. The fourth-order valence-electron chi connectivity index (χ4n) is 3.30. The molecule has 3 aromatic rings. The molecule has 4 nitrogen and oxygen atoms in total. The van der Waals surface area contributed by atoms with Crippen molar-refractivity contribution in [1.29, 1.82) is 0 Å². The molecule has 0 aliphatic heterocycles. The molecule has 1 saturated carbocycles. The van der Waals surface area contributed by atoms with E-state index in [0.29, 0.717) is 12.5 Å². The van der Waals surface area contributed by atoms with Crippen molar-refractivity contribution in [3.63, 3.8) is 0 Å². The van der Waals surface area contributed by atoms with Crippen molar-refractivity contribution in [3.05, 3.63) is 83.7 Å². The minimum atomic E-state index is 0.0718. The standard InChI is InChI=1S/C21H21N3O/c1-15-6-5-7-16(10-15)13-24-14-18(12-22-24)23-21(25)20-11-19(20)17-8-3-2-4-9-17/h2-10,12,14,19-20H,11,13H2,1H3,(H,23,25). The number of hydrogen-bond acceptors (Lipinski definition) is 2. The van der Waals surface area contributed by atoms with E-state index in [2.05, 4.69) is 47.7 Å². The van der Waals surface area contributed by atoms with Crippen molar-refractivity contribution in [2.75, 3.05) is 5.32 Å². The first-order chi connectivity index (χ1) is 12.2. The number of carbonyl (C=O) groups is 1. The highest BCUT2D eigenvalue weighted by molar-refractivity contribution is 5.95. The van der Waals surface area contributed by atoms with E-state index in [1.54, 1.807) is 6.20 Å². The van der Waals surface area contributed by atoms with Gasteiger partial charge in [-0.25, -0.2) is 0 Å². The second-order valence-electron chi connectivity index (χ2n) is 6.76. The van der Waals surface area contributed by atoms with Gasteiger partial charge in [0.15, 0.2) is 0 Å². The smallest absolute Gasteiger partial charge is 0.228 e. The number of rotatable bonds is 5. The third-order valence-corrected chi connectivity index (χ3v) is 4.68. The summed E-state index contributed by atoms with van der Waals surface area (Å²) in [4.78, 5) is 12.4. The molecule has 1 heterocycles. The molecule has 1 aromatic heterocycles. The summed E-state index contributed by atoms with van der Waals surface area (Å²) in [7, 11) is 0. The molecule has 2 aromatic carbocycles. The maximum Gasteiger partial charge on any atom is 0.228 e. The van der Waals surface area contributed by atoms with Crippen LogP contribution in [0.1, 0.15) is 29.0 Å². The zero-order chi connectivity index (χ0) is 17.2. The quantitative estimate of drug-likeness (QED) is 0.768. The van der Waals surface area contributed by atoms with E-state index in [9.17, 15) is 4.79 Å². The average Bonchev–Trinajstić information content (AvgIpc) is 3.31. The van der Waals surface area contributed by atoms with Gasteiger partial charge in [0.05, 0.1) is 18.4 Å². The minimum Gasteiger partial charge on any atom is -0.323 e. The Bertz CT molecular complexity index is 885. The van der Waals surface area contributed by atoms with Crippen LogP contribution in [0, 0.1) is 12.8 Å². The fourth-order valence-corrected chi connectivity index (χ4v) is 3.30. The van der Waals surface area contributed by atoms with Gasteiger partial charge in [0.25, 0.3) is 0 Å². The Morgan fingerprint density at radius 3 is 2.84 bits per heavy atom. The number of hydrogen-bond donors (Lipinski definition) is 1. The highest BCUT2D eigenvalue weighted by atomic mass is 16.2. The summed E-state index contributed by atoms with van der Waals surface area (Å²) in [6.45, 7) is 2.78. The molecule has 1 aliphatic rings. The molecule has 4 heteroatoms. The third-order valence-electron chi connectivity index (χ3n) is 4.68. The van der Waals surface area contributed by atoms with E-state index < -0.39 is 0 Å². The van der Waals surface area contributed by atoms with Crippen LogP contribution in [0.5, 0.6) is 0 Å². The van der Waals surface area contributed by atoms with Crippen LogP contribution in [-0.2, 0) is 11.3 Å². The summed E-state index contributed by atoms with van der Waals surface area (Å²) in [5.41, 5.74) is 4.44. The maximum atomic E-state index is 12.4. The molecule has 126 valence electrons. The Kier molecular flexibility index (Phi) is 4.10. The van der Waals surface area contributed by atoms with E-state index >= 15 is 0 Å². The molecule has 4 rings (SSSR count). The third kappa shape index (κ3) is 3.63. The largest absolute Gasteiger partial charge is 0.323 e. The second-order valence-corrected chi connectivity index (χ2v) is 6.76. The van der Waals surface area contributed by atoms with Crippen LogP contribution in [0.4, 0.5) is 5.69 Å². The summed E-state index contributed by atoms with van der Waals surface area (Å²) in [6.07, 6.45) is 4.53. The zero-order valence-electron chi connectivity index (χ0n) is 14.2. The first-order valence-corrected chi connectivity index (χ1v) is 8.63. The fraction of sp³-hybridized carbons (Fsp3) is 0.238. The molecule has 0 bridgehead atoms. The van der Waals surface area contributed by atoms with E-state index in [4.69, 9.17) is 0 Å². The number of nitrogens with zero attached hydrogens (tertiary/aromatic N) is 2. The van der Waals surface area contributed by atoms with Gasteiger partial charge in [0.2, 0.25) is 5.91 Å². The number of aryl methyl sites for hydroxylation is 1. The molecular formula is C21H21N3O. The lowest BCUT2D eigenvalue weighted by atomic mass is 10.1. The Morgan fingerprint density at radius 1 is 1.20 bits per heavy atom. The van der Waals surface area contributed by atoms with Crippen molar-refractivity contribution in [3.8, 4) is 0 Å². The second kappa shape index (κ2) is 6.55. The topological polar surface area (TPSA) is 46.9 Å². The van der Waals surface area contributed by atoms with Gasteiger partial charge in [-0.05, 0) is 30.4 Å². The lowest BCUT2D eigenvalue weighted by Crippen LogP contribution is -2.14. The van der Waals surface area contributed by atoms with Gasteiger partial charge in [-0.1, -0.05) is 60.2 Å². The van der Waals surface area contributed by atoms with E-state index in [1.165, 1.54) is 16.7 Å². The highest BCUT2D eigenvalue weighted by Crippen LogP contribution is 2.47. The summed E-state index contributed by atoms with van der Waals surface area (Å²) >= 11 is 0. The van der Waals surface area contributed by atoms with Crippen LogP contribution in [-0.4, -0.2) is 15.7 Å². The summed E-state index contributed by atoms with van der Waals surface area (Å²) in [5, 5.41) is 7.35. The van der Waals surface area contributed by atoms with Crippen LogP contribution < -0.4 is 5.32 Å². The molecular weight excluding hydrogens is 310 g/mol. The van der Waals surface area contributed by atoms with Gasteiger partial charge in [0.1, 0.15) is 0 Å². The summed E-state index contributed by atoms with van der Waals surface area (Å²) in [6, 6.07) is 18.6. The van der Waals surface area contributed by atoms with Crippen LogP contribution in [0.3, 0.4) is 0 Å². The molecule has 1 amide bonds. The summed E-state index contributed by atoms with van der Waals surface area (Å²) < 4.78 is 1.85. The number of nitrogens with one attached hydrogen (secondary N) is 1. The van der Waals surface area contributed by atoms with Crippen LogP contribution in [0.15, 0.2) is 67.0 Å². The lowest BCUT2D eigenvalue weighted by Gasteiger charge is -2.04. The highest BCUT2D eigenvalue weighted by Gasteiger charge is 2.43. The number of anilines is 1. The van der Waals surface area contributed by atoms with E-state index in [0.717, 1.165) is 12.1 Å². The Hall–Kier alpha value is -2.88. The maximum absolute atomic E-state index is 12.4. The van der Waals surface area contributed by atoms with Gasteiger partial charge >= 0.3 is 0 Å². The SMILES string of the molecule is Cc1cccc(Cn2cc(NC(=O)C3CC3c3ccccc3)cn2)c1. The normalized spacial score (nSPS) is 18.8. The Balaban J connectivity index is 1.36. The molecule has 0 radical (unpaired) electrons. The number of benzene rings is 2. The van der Waals surface area contributed by atoms with Crippen molar-refractivity contribution in [1.82, 2.24) is 9.78 Å². The molecule has 1 aliphatic carbocycles. The van der Waals surface area contributed by atoms with Crippen molar-refractivity contribution < 1.29 is 4.79 Å². The average molecular weight is 331 g/mol. The summed E-state index contributed by atoms with van der Waals surface area (Å²) in [5.74, 6) is 0.509. The van der Waals surface area contributed by atoms with Crippen molar-refractivity contribution in [2.45, 2.75) is 25.8 Å². The van der Waals surface area contributed by atoms with E-state index in [-0.39, 0.29) is 11.8 Å². The number of carbonyl (C=O) groups excluding carboxylic acids is 1. The monoisotopic (exact) mass is 331 g/mol. The van der Waals surface area contributed by atoms with E-state index in [1.807, 2.05) is 35.1 Å². The molecule has 25 heavy (non-hydrogen) atoms. The van der Waals surface area contributed by atoms with Crippen molar-refractivity contribution in [2.24, 2.45) is 5.92 Å². The molecule has 2 unspecified atom stereocenters. The molecule has 0 saturated heterocycles. The van der Waals surface area contributed by atoms with Crippen molar-refractivity contribution >= 4 is 11.6 Å². The minimum absolute atomic E-state index is 0.0718. The van der Waals surface area contributed by atoms with Gasteiger partial charge < -0.3 is 5.32 Å². The zero-order valence-corrected chi connectivity index (χ0v) is 14.2. The Labute approximate surface area is 147 Å². The first kappa shape index (κ1) is 15.6. The number of amides is 1. The van der Waals surface area contributed by atoms with Gasteiger partial charge in [-0.15, -0.1) is 0 Å². The molecule has 1 N–H and O–H groups in total. The lowest BCUT2D eigenvalue weighted by molar-refractivity contribution is -0.117.